The molecular formula is C22H24N2O3. The van der Waals surface area contributed by atoms with E-state index < -0.39 is 6.04 Å². The van der Waals surface area contributed by atoms with Gasteiger partial charge in [-0.3, -0.25) is 14.9 Å². The molecule has 0 radical (unpaired) electrons. The van der Waals surface area contributed by atoms with E-state index in [-0.39, 0.29) is 17.6 Å². The SMILES string of the molecule is CC(=O)c1c(C)[nH]c(C(=O)[C@H](C)N[C@@H](c2ccccc2)c2ccco2)c1C. The van der Waals surface area contributed by atoms with Gasteiger partial charge in [-0.15, -0.1) is 0 Å². The summed E-state index contributed by atoms with van der Waals surface area (Å²) in [5.41, 5.74) is 3.50. The predicted molar refractivity (Wildman–Crippen MR) is 104 cm³/mol. The van der Waals surface area contributed by atoms with Crippen LogP contribution in [0.5, 0.6) is 0 Å². The molecule has 0 aliphatic rings. The summed E-state index contributed by atoms with van der Waals surface area (Å²) in [6.45, 7) is 6.96. The maximum atomic E-state index is 13.1. The molecule has 0 aliphatic heterocycles. The number of rotatable bonds is 7. The third-order valence-electron chi connectivity index (χ3n) is 4.81. The van der Waals surface area contributed by atoms with Crippen LogP contribution in [-0.2, 0) is 0 Å². The molecule has 3 rings (SSSR count). The lowest BCUT2D eigenvalue weighted by molar-refractivity contribution is 0.0940. The molecule has 2 heterocycles. The van der Waals surface area contributed by atoms with Crippen LogP contribution in [0.15, 0.2) is 53.1 Å². The summed E-state index contributed by atoms with van der Waals surface area (Å²) in [4.78, 5) is 28.0. The third kappa shape index (κ3) is 3.78. The van der Waals surface area contributed by atoms with Gasteiger partial charge in [0.2, 0.25) is 0 Å². The lowest BCUT2D eigenvalue weighted by atomic mass is 10.00. The quantitative estimate of drug-likeness (QED) is 0.610. The molecule has 0 unspecified atom stereocenters. The number of Topliss-reactive ketones (excluding diaryl/α,β-unsaturated/α-hetero) is 2. The van der Waals surface area contributed by atoms with Crippen molar-refractivity contribution in [1.82, 2.24) is 10.3 Å². The van der Waals surface area contributed by atoms with Crippen LogP contribution in [0.25, 0.3) is 0 Å². The minimum absolute atomic E-state index is 0.0429. The molecule has 0 aliphatic carbocycles. The maximum Gasteiger partial charge on any atom is 0.195 e. The fourth-order valence-corrected chi connectivity index (χ4v) is 3.51. The number of nitrogens with one attached hydrogen (secondary N) is 2. The zero-order valence-corrected chi connectivity index (χ0v) is 16.0. The first-order chi connectivity index (χ1) is 12.9. The van der Waals surface area contributed by atoms with Gasteiger partial charge >= 0.3 is 0 Å². The van der Waals surface area contributed by atoms with Crippen LogP contribution in [0.1, 0.15) is 63.3 Å². The second-order valence-electron chi connectivity index (χ2n) is 6.79. The Bertz CT molecular complexity index is 940. The first kappa shape index (κ1) is 18.9. The molecule has 140 valence electrons. The normalized spacial score (nSPS) is 13.3. The van der Waals surface area contributed by atoms with Crippen LogP contribution in [-0.4, -0.2) is 22.6 Å². The number of hydrogen-bond acceptors (Lipinski definition) is 4. The van der Waals surface area contributed by atoms with Crippen molar-refractivity contribution in [2.24, 2.45) is 0 Å². The van der Waals surface area contributed by atoms with Gasteiger partial charge in [0.25, 0.3) is 0 Å². The third-order valence-corrected chi connectivity index (χ3v) is 4.81. The zero-order chi connectivity index (χ0) is 19.6. The van der Waals surface area contributed by atoms with Crippen molar-refractivity contribution in [2.75, 3.05) is 0 Å². The van der Waals surface area contributed by atoms with E-state index in [0.717, 1.165) is 17.0 Å². The number of aryl methyl sites for hydroxylation is 1. The summed E-state index contributed by atoms with van der Waals surface area (Å²) in [5.74, 6) is 0.610. The van der Waals surface area contributed by atoms with Crippen molar-refractivity contribution in [3.05, 3.63) is 82.6 Å². The van der Waals surface area contributed by atoms with Gasteiger partial charge in [0.05, 0.1) is 24.0 Å². The largest absolute Gasteiger partial charge is 0.467 e. The summed E-state index contributed by atoms with van der Waals surface area (Å²) < 4.78 is 5.59. The van der Waals surface area contributed by atoms with Crippen molar-refractivity contribution in [2.45, 2.75) is 39.8 Å². The van der Waals surface area contributed by atoms with Crippen molar-refractivity contribution >= 4 is 11.6 Å². The van der Waals surface area contributed by atoms with Gasteiger partial charge in [-0.25, -0.2) is 0 Å². The first-order valence-corrected chi connectivity index (χ1v) is 8.98. The van der Waals surface area contributed by atoms with Crippen LogP contribution in [0.2, 0.25) is 0 Å². The molecule has 0 spiro atoms. The van der Waals surface area contributed by atoms with E-state index in [0.29, 0.717) is 16.8 Å². The Balaban J connectivity index is 1.88. The van der Waals surface area contributed by atoms with Gasteiger partial charge in [0.15, 0.2) is 11.6 Å². The van der Waals surface area contributed by atoms with Gasteiger partial charge in [0.1, 0.15) is 5.76 Å². The predicted octanol–water partition coefficient (Wildman–Crippen LogP) is 4.38. The lowest BCUT2D eigenvalue weighted by Crippen LogP contribution is -2.37. The number of hydrogen-bond donors (Lipinski definition) is 2. The monoisotopic (exact) mass is 364 g/mol. The number of aromatic amines is 1. The fraction of sp³-hybridized carbons (Fsp3) is 0.273. The molecule has 1 aromatic carbocycles. The number of furan rings is 1. The van der Waals surface area contributed by atoms with E-state index in [2.05, 4.69) is 10.3 Å². The van der Waals surface area contributed by atoms with E-state index in [1.807, 2.05) is 56.3 Å². The maximum absolute atomic E-state index is 13.1. The first-order valence-electron chi connectivity index (χ1n) is 8.98. The minimum atomic E-state index is -0.475. The van der Waals surface area contributed by atoms with Crippen LogP contribution in [0.4, 0.5) is 0 Å². The Labute approximate surface area is 158 Å². The van der Waals surface area contributed by atoms with Gasteiger partial charge in [0, 0.05) is 11.3 Å². The van der Waals surface area contributed by atoms with E-state index >= 15 is 0 Å². The van der Waals surface area contributed by atoms with Crippen molar-refractivity contribution in [3.8, 4) is 0 Å². The molecule has 2 atom stereocenters. The smallest absolute Gasteiger partial charge is 0.195 e. The van der Waals surface area contributed by atoms with E-state index in [1.165, 1.54) is 6.92 Å². The summed E-state index contributed by atoms with van der Waals surface area (Å²) in [6.07, 6.45) is 1.62. The summed E-state index contributed by atoms with van der Waals surface area (Å²) >= 11 is 0. The van der Waals surface area contributed by atoms with Gasteiger partial charge in [-0.2, -0.15) is 0 Å². The molecule has 27 heavy (non-hydrogen) atoms. The van der Waals surface area contributed by atoms with Crippen LogP contribution >= 0.6 is 0 Å². The topological polar surface area (TPSA) is 75.1 Å². The Morgan fingerprint density at radius 2 is 1.78 bits per heavy atom. The Kier molecular flexibility index (Phi) is 5.42. The van der Waals surface area contributed by atoms with Gasteiger partial charge in [-0.05, 0) is 51.0 Å². The molecular weight excluding hydrogens is 340 g/mol. The van der Waals surface area contributed by atoms with Crippen molar-refractivity contribution in [3.63, 3.8) is 0 Å². The highest BCUT2D eigenvalue weighted by Gasteiger charge is 2.27. The number of ketones is 2. The molecule has 5 nitrogen and oxygen atoms in total. The Morgan fingerprint density at radius 3 is 2.33 bits per heavy atom. The number of carbonyl (C=O) groups is 2. The standard InChI is InChI=1S/C22H24N2O3/c1-13-19(16(4)25)14(2)23-20(13)22(26)15(3)24-21(18-11-8-12-27-18)17-9-6-5-7-10-17/h5-12,15,21,23-24H,1-4H3/t15-,21-/m0/s1. The van der Waals surface area contributed by atoms with Crippen LogP contribution in [0.3, 0.4) is 0 Å². The average molecular weight is 364 g/mol. The number of carbonyl (C=O) groups excluding carboxylic acids is 2. The van der Waals surface area contributed by atoms with Crippen LogP contribution < -0.4 is 5.32 Å². The van der Waals surface area contributed by atoms with Crippen molar-refractivity contribution < 1.29 is 14.0 Å². The second kappa shape index (κ2) is 7.76. The van der Waals surface area contributed by atoms with E-state index in [1.54, 1.807) is 13.2 Å². The van der Waals surface area contributed by atoms with Crippen LogP contribution in [0, 0.1) is 13.8 Å². The highest BCUT2D eigenvalue weighted by atomic mass is 16.3. The molecule has 0 bridgehead atoms. The number of H-pyrrole nitrogens is 1. The van der Waals surface area contributed by atoms with Gasteiger partial charge < -0.3 is 9.40 Å². The summed E-state index contributed by atoms with van der Waals surface area (Å²) in [6, 6.07) is 12.8. The Hall–Kier alpha value is -2.92. The molecule has 2 N–H and O–H groups in total. The molecule has 0 saturated carbocycles. The molecule has 0 fully saturated rings. The molecule has 3 aromatic rings. The summed E-state index contributed by atoms with van der Waals surface area (Å²) in [7, 11) is 0. The summed E-state index contributed by atoms with van der Waals surface area (Å²) in [5, 5.41) is 3.37. The minimum Gasteiger partial charge on any atom is -0.467 e. The highest BCUT2D eigenvalue weighted by Crippen LogP contribution is 2.25. The fourth-order valence-electron chi connectivity index (χ4n) is 3.51. The molecule has 2 aromatic heterocycles. The van der Waals surface area contributed by atoms with E-state index in [9.17, 15) is 9.59 Å². The van der Waals surface area contributed by atoms with E-state index in [4.69, 9.17) is 4.42 Å². The number of aromatic nitrogens is 1. The zero-order valence-electron chi connectivity index (χ0n) is 16.0. The van der Waals surface area contributed by atoms with Crippen molar-refractivity contribution in [1.29, 1.82) is 0 Å². The number of benzene rings is 1. The Morgan fingerprint density at radius 1 is 1.07 bits per heavy atom. The lowest BCUT2D eigenvalue weighted by Gasteiger charge is -2.21. The molecule has 0 saturated heterocycles. The second-order valence-corrected chi connectivity index (χ2v) is 6.79. The van der Waals surface area contributed by atoms with Gasteiger partial charge in [-0.1, -0.05) is 30.3 Å². The molecule has 5 heteroatoms. The molecule has 0 amide bonds. The average Bonchev–Trinajstić information content (AvgIpc) is 3.27. The highest BCUT2D eigenvalue weighted by molar-refractivity contribution is 6.05.